The third-order valence-electron chi connectivity index (χ3n) is 4.79. The summed E-state index contributed by atoms with van der Waals surface area (Å²) in [5, 5.41) is 8.56. The fourth-order valence-corrected chi connectivity index (χ4v) is 3.33. The lowest BCUT2D eigenvalue weighted by molar-refractivity contribution is -0.130. The number of halogens is 1. The predicted octanol–water partition coefficient (Wildman–Crippen LogP) is 2.07. The lowest BCUT2D eigenvalue weighted by atomic mass is 10.1. The van der Waals surface area contributed by atoms with E-state index in [1.54, 1.807) is 12.1 Å². The molecule has 1 aromatic carbocycles. The average Bonchev–Trinajstić information content (AvgIpc) is 3.09. The Bertz CT molecular complexity index is 929. The largest absolute Gasteiger partial charge is 0.339 e. The summed E-state index contributed by atoms with van der Waals surface area (Å²) in [6, 6.07) is 12.0. The number of rotatable bonds is 3. The Kier molecular flexibility index (Phi) is 4.28. The normalized spacial score (nSPS) is 14.8. The number of pyridine rings is 1. The van der Waals surface area contributed by atoms with Crippen LogP contribution in [0.1, 0.15) is 11.3 Å². The zero-order valence-corrected chi connectivity index (χ0v) is 14.6. The molecule has 1 aliphatic heterocycles. The maximum absolute atomic E-state index is 13.0. The molecule has 3 aromatic rings. The number of hydrogen-bond donors (Lipinski definition) is 0. The Hall–Kier alpha value is -2.96. The van der Waals surface area contributed by atoms with E-state index in [2.05, 4.69) is 15.1 Å². The molecule has 1 saturated heterocycles. The fraction of sp³-hybridized carbons (Fsp3) is 0.316. The molecule has 0 saturated carbocycles. The van der Waals surface area contributed by atoms with E-state index in [0.717, 1.165) is 22.9 Å². The van der Waals surface area contributed by atoms with Crippen LogP contribution in [-0.4, -0.2) is 51.6 Å². The number of carbonyl (C=O) groups is 1. The Morgan fingerprint density at radius 1 is 1.04 bits per heavy atom. The van der Waals surface area contributed by atoms with Gasteiger partial charge >= 0.3 is 0 Å². The van der Waals surface area contributed by atoms with Gasteiger partial charge in [-0.2, -0.15) is 0 Å². The van der Waals surface area contributed by atoms with E-state index in [-0.39, 0.29) is 11.7 Å². The Balaban J connectivity index is 1.42. The zero-order valence-electron chi connectivity index (χ0n) is 14.6. The summed E-state index contributed by atoms with van der Waals surface area (Å²) in [6.07, 6.45) is 0.299. The minimum Gasteiger partial charge on any atom is -0.339 e. The van der Waals surface area contributed by atoms with E-state index in [1.165, 1.54) is 12.1 Å². The predicted molar refractivity (Wildman–Crippen MR) is 96.6 cm³/mol. The fourth-order valence-electron chi connectivity index (χ4n) is 3.33. The molecule has 2 aromatic heterocycles. The molecule has 0 aliphatic carbocycles. The molecule has 26 heavy (non-hydrogen) atoms. The third kappa shape index (κ3) is 3.12. The molecule has 0 radical (unpaired) electrons. The van der Waals surface area contributed by atoms with Crippen LogP contribution in [0, 0.1) is 12.7 Å². The van der Waals surface area contributed by atoms with Gasteiger partial charge in [-0.25, -0.2) is 4.39 Å². The summed E-state index contributed by atoms with van der Waals surface area (Å²) >= 11 is 0. The monoisotopic (exact) mass is 353 g/mol. The number of amides is 1. The van der Waals surface area contributed by atoms with Gasteiger partial charge in [0.25, 0.3) is 0 Å². The van der Waals surface area contributed by atoms with Crippen LogP contribution in [0.5, 0.6) is 0 Å². The molecule has 3 heterocycles. The van der Waals surface area contributed by atoms with Gasteiger partial charge in [-0.15, -0.1) is 10.2 Å². The average molecular weight is 353 g/mol. The van der Waals surface area contributed by atoms with Gasteiger partial charge in [0.1, 0.15) is 5.82 Å². The van der Waals surface area contributed by atoms with Crippen LogP contribution in [-0.2, 0) is 11.2 Å². The van der Waals surface area contributed by atoms with Crippen LogP contribution >= 0.6 is 0 Å². The van der Waals surface area contributed by atoms with Gasteiger partial charge in [0, 0.05) is 31.9 Å². The van der Waals surface area contributed by atoms with E-state index >= 15 is 0 Å². The number of aryl methyl sites for hydroxylation is 1. The van der Waals surface area contributed by atoms with Gasteiger partial charge in [-0.05, 0) is 36.8 Å². The standard InChI is InChI=1S/C19H20FN5O/c1-14-3-2-4-17-21-22-19(25(14)17)24-11-9-23(10-12-24)18(26)13-15-5-7-16(20)8-6-15/h2-8H,9-13H2,1H3. The van der Waals surface area contributed by atoms with Crippen LogP contribution < -0.4 is 4.90 Å². The van der Waals surface area contributed by atoms with E-state index < -0.39 is 0 Å². The molecular formula is C19H20FN5O. The second-order valence-electron chi connectivity index (χ2n) is 6.53. The van der Waals surface area contributed by atoms with Crippen molar-refractivity contribution in [3.8, 4) is 0 Å². The quantitative estimate of drug-likeness (QED) is 0.723. The topological polar surface area (TPSA) is 53.7 Å². The Labute approximate surface area is 150 Å². The molecule has 7 heteroatoms. The van der Waals surface area contributed by atoms with E-state index in [1.807, 2.05) is 34.4 Å². The molecule has 0 unspecified atom stereocenters. The summed E-state index contributed by atoms with van der Waals surface area (Å²) in [7, 11) is 0. The minimum absolute atomic E-state index is 0.0681. The first kappa shape index (κ1) is 16.5. The highest BCUT2D eigenvalue weighted by Gasteiger charge is 2.24. The Morgan fingerprint density at radius 3 is 2.50 bits per heavy atom. The minimum atomic E-state index is -0.286. The second-order valence-corrected chi connectivity index (χ2v) is 6.53. The van der Waals surface area contributed by atoms with Gasteiger partial charge in [-0.3, -0.25) is 9.20 Å². The van der Waals surface area contributed by atoms with Gasteiger partial charge in [0.15, 0.2) is 5.65 Å². The van der Waals surface area contributed by atoms with Crippen molar-refractivity contribution in [2.45, 2.75) is 13.3 Å². The molecule has 0 N–H and O–H groups in total. The smallest absolute Gasteiger partial charge is 0.232 e. The maximum atomic E-state index is 13.0. The molecule has 1 fully saturated rings. The molecule has 4 rings (SSSR count). The molecule has 1 aliphatic rings. The molecule has 0 atom stereocenters. The lowest BCUT2D eigenvalue weighted by Gasteiger charge is -2.35. The van der Waals surface area contributed by atoms with Crippen LogP contribution in [0.4, 0.5) is 10.3 Å². The van der Waals surface area contributed by atoms with Gasteiger partial charge in [0.2, 0.25) is 11.9 Å². The first-order chi connectivity index (χ1) is 12.6. The number of piperazine rings is 1. The van der Waals surface area contributed by atoms with Gasteiger partial charge in [-0.1, -0.05) is 18.2 Å². The summed E-state index contributed by atoms with van der Waals surface area (Å²) in [5.74, 6) is 0.605. The van der Waals surface area contributed by atoms with Crippen LogP contribution in [0.2, 0.25) is 0 Å². The van der Waals surface area contributed by atoms with E-state index in [9.17, 15) is 9.18 Å². The molecule has 0 bridgehead atoms. The maximum Gasteiger partial charge on any atom is 0.232 e. The molecule has 1 amide bonds. The number of aromatic nitrogens is 3. The van der Waals surface area contributed by atoms with Crippen molar-refractivity contribution in [1.82, 2.24) is 19.5 Å². The number of hydrogen-bond acceptors (Lipinski definition) is 4. The highest BCUT2D eigenvalue weighted by Crippen LogP contribution is 2.18. The molecule has 0 spiro atoms. The van der Waals surface area contributed by atoms with Crippen molar-refractivity contribution in [1.29, 1.82) is 0 Å². The highest BCUT2D eigenvalue weighted by atomic mass is 19.1. The molecular weight excluding hydrogens is 333 g/mol. The number of carbonyl (C=O) groups excluding carboxylic acids is 1. The van der Waals surface area contributed by atoms with Gasteiger partial charge < -0.3 is 9.80 Å². The number of fused-ring (bicyclic) bond motifs is 1. The van der Waals surface area contributed by atoms with Crippen molar-refractivity contribution >= 4 is 17.5 Å². The van der Waals surface area contributed by atoms with Gasteiger partial charge in [0.05, 0.1) is 6.42 Å². The van der Waals surface area contributed by atoms with E-state index in [0.29, 0.717) is 32.6 Å². The van der Waals surface area contributed by atoms with Crippen LogP contribution in [0.3, 0.4) is 0 Å². The molecule has 134 valence electrons. The van der Waals surface area contributed by atoms with E-state index in [4.69, 9.17) is 0 Å². The summed E-state index contributed by atoms with van der Waals surface area (Å²) in [5.41, 5.74) is 2.74. The van der Waals surface area contributed by atoms with Crippen molar-refractivity contribution in [3.05, 3.63) is 59.5 Å². The van der Waals surface area contributed by atoms with Crippen LogP contribution in [0.15, 0.2) is 42.5 Å². The van der Waals surface area contributed by atoms with Crippen molar-refractivity contribution in [3.63, 3.8) is 0 Å². The summed E-state index contributed by atoms with van der Waals surface area (Å²) in [6.45, 7) is 4.73. The first-order valence-corrected chi connectivity index (χ1v) is 8.70. The van der Waals surface area contributed by atoms with Crippen molar-refractivity contribution in [2.75, 3.05) is 31.1 Å². The Morgan fingerprint density at radius 2 is 1.77 bits per heavy atom. The van der Waals surface area contributed by atoms with Crippen LogP contribution in [0.25, 0.3) is 5.65 Å². The number of benzene rings is 1. The summed E-state index contributed by atoms with van der Waals surface area (Å²) in [4.78, 5) is 16.5. The first-order valence-electron chi connectivity index (χ1n) is 8.70. The van der Waals surface area contributed by atoms with Crippen molar-refractivity contribution < 1.29 is 9.18 Å². The zero-order chi connectivity index (χ0) is 18.1. The second kappa shape index (κ2) is 6.74. The lowest BCUT2D eigenvalue weighted by Crippen LogP contribution is -2.49. The SMILES string of the molecule is Cc1cccc2nnc(N3CCN(C(=O)Cc4ccc(F)cc4)CC3)n12. The van der Waals surface area contributed by atoms with Crippen molar-refractivity contribution in [2.24, 2.45) is 0 Å². The molecule has 6 nitrogen and oxygen atoms in total. The number of nitrogens with zero attached hydrogens (tertiary/aromatic N) is 5. The third-order valence-corrected chi connectivity index (χ3v) is 4.79. The highest BCUT2D eigenvalue weighted by molar-refractivity contribution is 5.79. The summed E-state index contributed by atoms with van der Waals surface area (Å²) < 4.78 is 15.0. The number of anilines is 1.